The lowest BCUT2D eigenvalue weighted by atomic mass is 10.0. The Kier molecular flexibility index (Phi) is 6.85. The number of nitrogens with one attached hydrogen (secondary N) is 2. The quantitative estimate of drug-likeness (QED) is 0.606. The minimum atomic E-state index is -0.0734. The minimum absolute atomic E-state index is 0.0290. The van der Waals surface area contributed by atoms with Crippen LogP contribution in [0, 0.1) is 0 Å². The largest absolute Gasteiger partial charge is 0.371 e. The first-order valence-corrected chi connectivity index (χ1v) is 11.2. The van der Waals surface area contributed by atoms with E-state index < -0.39 is 0 Å². The first kappa shape index (κ1) is 21.6. The fourth-order valence-corrected chi connectivity index (χ4v) is 4.16. The number of carbonyl (C=O) groups is 2. The summed E-state index contributed by atoms with van der Waals surface area (Å²) in [4.78, 5) is 27.8. The molecular weight excluding hydrogens is 398 g/mol. The van der Waals surface area contributed by atoms with E-state index in [0.717, 1.165) is 37.2 Å². The molecule has 1 aliphatic heterocycles. The van der Waals surface area contributed by atoms with E-state index in [1.165, 1.54) is 0 Å². The molecular formula is C27H29N3O2. The number of carbonyl (C=O) groups excluding carboxylic acids is 2. The maximum Gasteiger partial charge on any atom is 0.253 e. The van der Waals surface area contributed by atoms with Gasteiger partial charge in [0, 0.05) is 30.4 Å². The Morgan fingerprint density at radius 3 is 2.09 bits per heavy atom. The molecule has 1 aliphatic rings. The van der Waals surface area contributed by atoms with Crippen molar-refractivity contribution in [2.75, 3.05) is 18.0 Å². The van der Waals surface area contributed by atoms with Crippen LogP contribution in [0.4, 0.5) is 5.69 Å². The van der Waals surface area contributed by atoms with Gasteiger partial charge in [-0.05, 0) is 49.6 Å². The molecule has 0 aromatic heterocycles. The molecule has 5 nitrogen and oxygen atoms in total. The summed E-state index contributed by atoms with van der Waals surface area (Å²) in [5.41, 5.74) is 3.39. The molecule has 4 rings (SSSR count). The molecule has 5 heteroatoms. The summed E-state index contributed by atoms with van der Waals surface area (Å²) in [6.45, 7) is 3.58. The number of para-hydroxylation sites is 1. The van der Waals surface area contributed by atoms with Gasteiger partial charge in [0.2, 0.25) is 0 Å². The average molecular weight is 428 g/mol. The van der Waals surface area contributed by atoms with Crippen LogP contribution in [0.15, 0.2) is 84.9 Å². The highest BCUT2D eigenvalue weighted by Gasteiger charge is 2.24. The maximum absolute atomic E-state index is 13.1. The van der Waals surface area contributed by atoms with Crippen LogP contribution >= 0.6 is 0 Å². The van der Waals surface area contributed by atoms with Crippen molar-refractivity contribution < 1.29 is 9.59 Å². The van der Waals surface area contributed by atoms with Gasteiger partial charge >= 0.3 is 0 Å². The van der Waals surface area contributed by atoms with Gasteiger partial charge in [0.25, 0.3) is 11.8 Å². The third-order valence-corrected chi connectivity index (χ3v) is 6.00. The Bertz CT molecular complexity index is 1040. The van der Waals surface area contributed by atoms with Gasteiger partial charge in [0.15, 0.2) is 0 Å². The van der Waals surface area contributed by atoms with Crippen molar-refractivity contribution in [2.45, 2.75) is 31.8 Å². The monoisotopic (exact) mass is 427 g/mol. The highest BCUT2D eigenvalue weighted by Crippen LogP contribution is 2.25. The van der Waals surface area contributed by atoms with Gasteiger partial charge in [-0.15, -0.1) is 0 Å². The van der Waals surface area contributed by atoms with Crippen LogP contribution in [0.25, 0.3) is 0 Å². The molecule has 1 atom stereocenters. The van der Waals surface area contributed by atoms with Crippen LogP contribution in [-0.4, -0.2) is 30.9 Å². The Morgan fingerprint density at radius 1 is 0.812 bits per heavy atom. The zero-order valence-electron chi connectivity index (χ0n) is 18.3. The van der Waals surface area contributed by atoms with E-state index in [1.807, 2.05) is 91.9 Å². The van der Waals surface area contributed by atoms with E-state index in [4.69, 9.17) is 0 Å². The topological polar surface area (TPSA) is 61.4 Å². The molecule has 164 valence electrons. The Hall–Kier alpha value is -3.60. The Morgan fingerprint density at radius 2 is 1.41 bits per heavy atom. The summed E-state index contributed by atoms with van der Waals surface area (Å²) in [6, 6.07) is 27.1. The lowest BCUT2D eigenvalue weighted by Gasteiger charge is -2.35. The predicted octanol–water partition coefficient (Wildman–Crippen LogP) is 4.58. The lowest BCUT2D eigenvalue weighted by Crippen LogP contribution is -2.45. The van der Waals surface area contributed by atoms with Gasteiger partial charge in [-0.1, -0.05) is 60.7 Å². The zero-order chi connectivity index (χ0) is 22.3. The van der Waals surface area contributed by atoms with Crippen molar-refractivity contribution in [1.82, 2.24) is 10.6 Å². The summed E-state index contributed by atoms with van der Waals surface area (Å²) in [7, 11) is 0. The maximum atomic E-state index is 13.1. The zero-order valence-corrected chi connectivity index (χ0v) is 18.3. The smallest absolute Gasteiger partial charge is 0.253 e. The normalized spacial score (nSPS) is 15.1. The van der Waals surface area contributed by atoms with Gasteiger partial charge in [-0.25, -0.2) is 0 Å². The van der Waals surface area contributed by atoms with E-state index in [0.29, 0.717) is 11.1 Å². The van der Waals surface area contributed by atoms with Crippen molar-refractivity contribution in [3.8, 4) is 0 Å². The molecule has 2 amide bonds. The lowest BCUT2D eigenvalue weighted by molar-refractivity contribution is 0.0928. The average Bonchev–Trinajstić information content (AvgIpc) is 2.85. The molecule has 3 aromatic rings. The summed E-state index contributed by atoms with van der Waals surface area (Å²) in [6.07, 6.45) is 1.68. The van der Waals surface area contributed by atoms with E-state index in [9.17, 15) is 9.59 Å². The van der Waals surface area contributed by atoms with Crippen LogP contribution in [-0.2, 0) is 0 Å². The summed E-state index contributed by atoms with van der Waals surface area (Å²) >= 11 is 0. The number of rotatable bonds is 6. The van der Waals surface area contributed by atoms with Gasteiger partial charge in [-0.2, -0.15) is 0 Å². The van der Waals surface area contributed by atoms with Crippen molar-refractivity contribution >= 4 is 17.5 Å². The number of anilines is 1. The second-order valence-corrected chi connectivity index (χ2v) is 8.22. The van der Waals surface area contributed by atoms with Crippen molar-refractivity contribution in [1.29, 1.82) is 0 Å². The fourth-order valence-electron chi connectivity index (χ4n) is 4.16. The first-order valence-electron chi connectivity index (χ1n) is 11.2. The molecule has 1 heterocycles. The summed E-state index contributed by atoms with van der Waals surface area (Å²) in [5, 5.41) is 6.27. The third-order valence-electron chi connectivity index (χ3n) is 6.00. The van der Waals surface area contributed by atoms with Crippen molar-refractivity contribution in [2.24, 2.45) is 0 Å². The molecule has 1 fully saturated rings. The van der Waals surface area contributed by atoms with Gasteiger partial charge < -0.3 is 15.5 Å². The summed E-state index contributed by atoms with van der Waals surface area (Å²) in [5.74, 6) is -0.102. The molecule has 32 heavy (non-hydrogen) atoms. The highest BCUT2D eigenvalue weighted by molar-refractivity contribution is 6.00. The van der Waals surface area contributed by atoms with E-state index in [-0.39, 0.29) is 23.9 Å². The molecule has 0 saturated carbocycles. The number of hydrogen-bond acceptors (Lipinski definition) is 3. The molecule has 0 unspecified atom stereocenters. The molecule has 2 N–H and O–H groups in total. The van der Waals surface area contributed by atoms with Gasteiger partial charge in [0.05, 0.1) is 11.6 Å². The Labute approximate surface area is 189 Å². The van der Waals surface area contributed by atoms with Gasteiger partial charge in [0.1, 0.15) is 0 Å². The van der Waals surface area contributed by atoms with E-state index >= 15 is 0 Å². The number of nitrogens with zero attached hydrogens (tertiary/aromatic N) is 1. The van der Waals surface area contributed by atoms with Crippen molar-refractivity contribution in [3.05, 3.63) is 102 Å². The standard InChI is InChI=1S/C27H29N3O2/c1-20(21-10-4-2-5-11-21)28-27(32)24-14-8-9-15-25(24)30-18-16-23(17-19-30)29-26(31)22-12-6-3-7-13-22/h2-15,20,23H,16-19H2,1H3,(H,28,32)(H,29,31)/t20-/m0/s1. The molecule has 0 aliphatic carbocycles. The molecule has 0 radical (unpaired) electrons. The number of amides is 2. The highest BCUT2D eigenvalue weighted by atomic mass is 16.2. The fraction of sp³-hybridized carbons (Fsp3) is 0.259. The van der Waals surface area contributed by atoms with Gasteiger partial charge in [-0.3, -0.25) is 9.59 Å². The van der Waals surface area contributed by atoms with E-state index in [1.54, 1.807) is 0 Å². The Balaban J connectivity index is 1.38. The van der Waals surface area contributed by atoms with Crippen LogP contribution in [0.3, 0.4) is 0 Å². The van der Waals surface area contributed by atoms with E-state index in [2.05, 4.69) is 15.5 Å². The molecule has 3 aromatic carbocycles. The van der Waals surface area contributed by atoms with Crippen LogP contribution in [0.5, 0.6) is 0 Å². The van der Waals surface area contributed by atoms with Crippen LogP contribution in [0.2, 0.25) is 0 Å². The summed E-state index contributed by atoms with van der Waals surface area (Å²) < 4.78 is 0. The molecule has 1 saturated heterocycles. The second kappa shape index (κ2) is 10.1. The number of hydrogen-bond donors (Lipinski definition) is 2. The minimum Gasteiger partial charge on any atom is -0.371 e. The van der Waals surface area contributed by atoms with Crippen molar-refractivity contribution in [3.63, 3.8) is 0 Å². The number of benzene rings is 3. The third kappa shape index (κ3) is 5.17. The second-order valence-electron chi connectivity index (χ2n) is 8.22. The number of piperidine rings is 1. The first-order chi connectivity index (χ1) is 15.6. The van der Waals surface area contributed by atoms with Crippen LogP contribution < -0.4 is 15.5 Å². The predicted molar refractivity (Wildman–Crippen MR) is 128 cm³/mol. The SMILES string of the molecule is C[C@H](NC(=O)c1ccccc1N1CCC(NC(=O)c2ccccc2)CC1)c1ccccc1. The van der Waals surface area contributed by atoms with Crippen LogP contribution in [0.1, 0.15) is 52.1 Å². The molecule has 0 bridgehead atoms. The molecule has 0 spiro atoms.